The third-order valence-electron chi connectivity index (χ3n) is 3.60. The number of unbranched alkanes of at least 4 members (excludes halogenated alkanes) is 1. The second-order valence-corrected chi connectivity index (χ2v) is 20.4. The molecule has 0 fully saturated rings. The summed E-state index contributed by atoms with van der Waals surface area (Å²) < 4.78 is 24.0. The van der Waals surface area contributed by atoms with E-state index in [9.17, 15) is 0 Å². The summed E-state index contributed by atoms with van der Waals surface area (Å²) in [5.41, 5.74) is 0. The zero-order valence-corrected chi connectivity index (χ0v) is 20.2. The van der Waals surface area contributed by atoms with Crippen molar-refractivity contribution < 1.29 is 17.7 Å². The smallest absolute Gasteiger partial charge is 0.311 e. The van der Waals surface area contributed by atoms with Gasteiger partial charge in [0.1, 0.15) is 6.61 Å². The Hall–Kier alpha value is 0.0706. The van der Waals surface area contributed by atoms with E-state index in [4.69, 9.17) is 17.7 Å². The van der Waals surface area contributed by atoms with Gasteiger partial charge in [0.05, 0.1) is 12.9 Å². The molecule has 0 aromatic carbocycles. The van der Waals surface area contributed by atoms with Crippen LogP contribution in [0, 0.1) is 0 Å². The molecule has 0 saturated heterocycles. The van der Waals surface area contributed by atoms with E-state index in [0.717, 1.165) is 12.7 Å². The van der Waals surface area contributed by atoms with Crippen molar-refractivity contribution in [1.29, 1.82) is 0 Å². The first-order chi connectivity index (χ1) is 11.0. The Morgan fingerprint density at radius 1 is 0.792 bits per heavy atom. The van der Waals surface area contributed by atoms with Gasteiger partial charge in [-0.05, 0) is 58.3 Å². The molecule has 0 rings (SSSR count). The molecule has 0 saturated carbocycles. The Kier molecular flexibility index (Phi) is 11.7. The highest BCUT2D eigenvalue weighted by molar-refractivity contribution is 6.87. The van der Waals surface area contributed by atoms with Crippen LogP contribution in [0.3, 0.4) is 0 Å². The lowest BCUT2D eigenvalue weighted by Crippen LogP contribution is -2.52. The Labute approximate surface area is 153 Å². The molecular formula is C17H40O4Si3. The first-order valence-corrected chi connectivity index (χ1v) is 18.3. The Bertz CT molecular complexity index is 358. The van der Waals surface area contributed by atoms with Gasteiger partial charge in [-0.2, -0.15) is 0 Å². The molecule has 4 nitrogen and oxygen atoms in total. The minimum absolute atomic E-state index is 0.605. The van der Waals surface area contributed by atoms with Gasteiger partial charge in [0.25, 0.3) is 0 Å². The molecule has 0 aromatic heterocycles. The van der Waals surface area contributed by atoms with Gasteiger partial charge in [0.2, 0.25) is 0 Å². The van der Waals surface area contributed by atoms with Crippen LogP contribution in [0.15, 0.2) is 12.3 Å². The lowest BCUT2D eigenvalue weighted by molar-refractivity contribution is 0.0916. The molecule has 0 aliphatic carbocycles. The van der Waals surface area contributed by atoms with Crippen molar-refractivity contribution in [2.45, 2.75) is 78.1 Å². The monoisotopic (exact) mass is 392 g/mol. The first-order valence-electron chi connectivity index (χ1n) is 9.24. The van der Waals surface area contributed by atoms with Gasteiger partial charge in [-0.25, -0.2) is 0 Å². The SMILES string of the molecule is CC=COCCOCC[Si](C)(C)O[Si](C)(C)O[Si](C)(C)CCCC. The van der Waals surface area contributed by atoms with E-state index < -0.39 is 25.2 Å². The molecule has 0 aliphatic heterocycles. The van der Waals surface area contributed by atoms with E-state index in [0.29, 0.717) is 13.2 Å². The maximum absolute atomic E-state index is 6.56. The van der Waals surface area contributed by atoms with Crippen molar-refractivity contribution in [2.75, 3.05) is 19.8 Å². The fourth-order valence-corrected chi connectivity index (χ4v) is 16.6. The molecular weight excluding hydrogens is 352 g/mol. The third-order valence-corrected chi connectivity index (χ3v) is 14.9. The molecule has 0 spiro atoms. The van der Waals surface area contributed by atoms with Crippen LogP contribution in [-0.2, 0) is 17.7 Å². The van der Waals surface area contributed by atoms with E-state index in [1.807, 2.05) is 13.0 Å². The Balaban J connectivity index is 4.20. The van der Waals surface area contributed by atoms with E-state index in [1.54, 1.807) is 6.26 Å². The van der Waals surface area contributed by atoms with Crippen LogP contribution in [-0.4, -0.2) is 45.0 Å². The van der Waals surface area contributed by atoms with Crippen LogP contribution < -0.4 is 0 Å². The second kappa shape index (κ2) is 11.6. The molecule has 0 heterocycles. The highest BCUT2D eigenvalue weighted by Gasteiger charge is 2.39. The average molecular weight is 393 g/mol. The van der Waals surface area contributed by atoms with Gasteiger partial charge in [0, 0.05) is 6.61 Å². The summed E-state index contributed by atoms with van der Waals surface area (Å²) in [5, 5.41) is 0. The second-order valence-electron chi connectivity index (χ2n) is 7.93. The summed E-state index contributed by atoms with van der Waals surface area (Å²) >= 11 is 0. The molecule has 0 radical (unpaired) electrons. The molecule has 0 unspecified atom stereocenters. The summed E-state index contributed by atoms with van der Waals surface area (Å²) in [7, 11) is -5.45. The Morgan fingerprint density at radius 2 is 1.38 bits per heavy atom. The largest absolute Gasteiger partial charge is 0.499 e. The molecule has 24 heavy (non-hydrogen) atoms. The molecule has 0 atom stereocenters. The molecule has 144 valence electrons. The third kappa shape index (κ3) is 13.4. The predicted octanol–water partition coefficient (Wildman–Crippen LogP) is 5.50. The van der Waals surface area contributed by atoms with Crippen LogP contribution in [0.5, 0.6) is 0 Å². The van der Waals surface area contributed by atoms with Gasteiger partial charge >= 0.3 is 8.56 Å². The van der Waals surface area contributed by atoms with Gasteiger partial charge in [-0.15, -0.1) is 0 Å². The van der Waals surface area contributed by atoms with E-state index >= 15 is 0 Å². The molecule has 0 amide bonds. The number of allylic oxidation sites excluding steroid dienone is 1. The first kappa shape index (κ1) is 24.1. The van der Waals surface area contributed by atoms with Crippen LogP contribution >= 0.6 is 0 Å². The van der Waals surface area contributed by atoms with Crippen LogP contribution in [0.4, 0.5) is 0 Å². The van der Waals surface area contributed by atoms with Gasteiger partial charge in [-0.1, -0.05) is 25.8 Å². The molecule has 0 aliphatic rings. The molecule has 0 bridgehead atoms. The predicted molar refractivity (Wildman–Crippen MR) is 111 cm³/mol. The van der Waals surface area contributed by atoms with Gasteiger partial charge in [0.15, 0.2) is 16.6 Å². The van der Waals surface area contributed by atoms with Gasteiger partial charge < -0.3 is 17.7 Å². The maximum atomic E-state index is 6.56. The van der Waals surface area contributed by atoms with E-state index in [1.165, 1.54) is 18.9 Å². The summed E-state index contributed by atoms with van der Waals surface area (Å²) in [6.07, 6.45) is 6.06. The highest BCUT2D eigenvalue weighted by Crippen LogP contribution is 2.25. The summed E-state index contributed by atoms with van der Waals surface area (Å²) in [6, 6.07) is 2.22. The minimum Gasteiger partial charge on any atom is -0.499 e. The normalized spacial score (nSPS) is 13.7. The number of hydrogen-bond donors (Lipinski definition) is 0. The zero-order chi connectivity index (χ0) is 18.7. The highest BCUT2D eigenvalue weighted by atomic mass is 28.5. The fourth-order valence-electron chi connectivity index (χ4n) is 2.75. The van der Waals surface area contributed by atoms with Crippen molar-refractivity contribution in [3.05, 3.63) is 12.3 Å². The average Bonchev–Trinajstić information content (AvgIpc) is 2.41. The van der Waals surface area contributed by atoms with Crippen LogP contribution in [0.1, 0.15) is 26.7 Å². The molecule has 0 N–H and O–H groups in total. The quantitative estimate of drug-likeness (QED) is 0.222. The summed E-state index contributed by atoms with van der Waals surface area (Å²) in [5.74, 6) is 0. The van der Waals surface area contributed by atoms with Crippen molar-refractivity contribution in [2.24, 2.45) is 0 Å². The lowest BCUT2D eigenvalue weighted by atomic mass is 10.4. The van der Waals surface area contributed by atoms with Crippen molar-refractivity contribution in [1.82, 2.24) is 0 Å². The van der Waals surface area contributed by atoms with E-state index in [-0.39, 0.29) is 0 Å². The topological polar surface area (TPSA) is 36.9 Å². The lowest BCUT2D eigenvalue weighted by Gasteiger charge is -2.38. The summed E-state index contributed by atoms with van der Waals surface area (Å²) in [6.45, 7) is 19.7. The van der Waals surface area contributed by atoms with Gasteiger partial charge in [-0.3, -0.25) is 0 Å². The van der Waals surface area contributed by atoms with E-state index in [2.05, 4.69) is 46.2 Å². The van der Waals surface area contributed by atoms with Crippen molar-refractivity contribution in [3.8, 4) is 0 Å². The number of rotatable bonds is 14. The number of hydrogen-bond acceptors (Lipinski definition) is 4. The van der Waals surface area contributed by atoms with Crippen molar-refractivity contribution in [3.63, 3.8) is 0 Å². The van der Waals surface area contributed by atoms with Crippen molar-refractivity contribution >= 4 is 25.2 Å². The van der Waals surface area contributed by atoms with Crippen LogP contribution in [0.2, 0.25) is 51.4 Å². The standard InChI is InChI=1S/C17H40O4Si3/c1-9-11-16-22(3,4)20-24(7,8)21-23(5,6)17-15-19-14-13-18-12-10-2/h10,12H,9,11,13-17H2,1-8H3. The minimum atomic E-state index is -2.08. The summed E-state index contributed by atoms with van der Waals surface area (Å²) in [4.78, 5) is 0. The Morgan fingerprint density at radius 3 is 1.92 bits per heavy atom. The molecule has 0 aromatic rings. The maximum Gasteiger partial charge on any atom is 0.311 e. The molecule has 7 heteroatoms. The zero-order valence-electron chi connectivity index (χ0n) is 17.2. The fraction of sp³-hybridized carbons (Fsp3) is 0.882. The van der Waals surface area contributed by atoms with Crippen LogP contribution in [0.25, 0.3) is 0 Å². The number of ether oxygens (including phenoxy) is 2.